The Morgan fingerprint density at radius 2 is 2.23 bits per heavy atom. The maximum Gasteiger partial charge on any atom is 0.317 e. The molecule has 1 unspecified atom stereocenters. The Bertz CT molecular complexity index is 490. The van der Waals surface area contributed by atoms with Crippen LogP contribution in [-0.2, 0) is 0 Å². The van der Waals surface area contributed by atoms with Crippen molar-refractivity contribution < 1.29 is 19.0 Å². The minimum Gasteiger partial charge on any atom is -0.489 e. The van der Waals surface area contributed by atoms with Crippen LogP contribution < -0.4 is 10.1 Å². The predicted molar refractivity (Wildman–Crippen MR) is 81.3 cm³/mol. The third kappa shape index (κ3) is 4.87. The van der Waals surface area contributed by atoms with Crippen molar-refractivity contribution in [1.29, 1.82) is 0 Å². The lowest BCUT2D eigenvalue weighted by Crippen LogP contribution is -2.47. The van der Waals surface area contributed by atoms with Crippen LogP contribution in [0.3, 0.4) is 0 Å². The lowest BCUT2D eigenvalue weighted by molar-refractivity contribution is 0.134. The number of nitrogens with one attached hydrogen (secondary N) is 1. The summed E-state index contributed by atoms with van der Waals surface area (Å²) in [5, 5.41) is 11.9. The molecular weight excluding hydrogens is 287 g/mol. The average molecular weight is 310 g/mol. The molecule has 0 aliphatic carbocycles. The summed E-state index contributed by atoms with van der Waals surface area (Å²) in [6.07, 6.45) is 1.42. The smallest absolute Gasteiger partial charge is 0.317 e. The molecule has 1 aromatic rings. The molecule has 0 bridgehead atoms. The fourth-order valence-corrected chi connectivity index (χ4v) is 2.48. The van der Waals surface area contributed by atoms with Crippen LogP contribution in [0.4, 0.5) is 9.18 Å². The van der Waals surface area contributed by atoms with E-state index in [1.165, 1.54) is 12.1 Å². The normalized spacial score (nSPS) is 17.1. The van der Waals surface area contributed by atoms with Crippen molar-refractivity contribution in [2.45, 2.75) is 25.9 Å². The number of rotatable bonds is 5. The van der Waals surface area contributed by atoms with Gasteiger partial charge in [0.1, 0.15) is 17.7 Å². The minimum absolute atomic E-state index is 0.119. The molecule has 1 heterocycles. The summed E-state index contributed by atoms with van der Waals surface area (Å²) in [5.74, 6) is 0.408. The van der Waals surface area contributed by atoms with Gasteiger partial charge in [-0.25, -0.2) is 9.18 Å². The van der Waals surface area contributed by atoms with E-state index < -0.39 is 0 Å². The number of ether oxygens (including phenoxy) is 1. The van der Waals surface area contributed by atoms with Gasteiger partial charge in [-0.05, 0) is 37.8 Å². The fourth-order valence-electron chi connectivity index (χ4n) is 2.48. The number of piperidine rings is 1. The number of benzene rings is 1. The van der Waals surface area contributed by atoms with Gasteiger partial charge in [0.05, 0.1) is 6.54 Å². The topological polar surface area (TPSA) is 61.8 Å². The monoisotopic (exact) mass is 310 g/mol. The van der Waals surface area contributed by atoms with Crippen LogP contribution in [0.15, 0.2) is 24.3 Å². The van der Waals surface area contributed by atoms with Crippen LogP contribution >= 0.6 is 0 Å². The highest BCUT2D eigenvalue weighted by Gasteiger charge is 2.22. The van der Waals surface area contributed by atoms with Crippen molar-refractivity contribution >= 4 is 6.03 Å². The second-order valence-corrected chi connectivity index (χ2v) is 5.68. The maximum atomic E-state index is 13.1. The maximum absolute atomic E-state index is 13.1. The summed E-state index contributed by atoms with van der Waals surface area (Å²) >= 11 is 0. The predicted octanol–water partition coefficient (Wildman–Crippen LogP) is 2.01. The Labute approximate surface area is 130 Å². The largest absolute Gasteiger partial charge is 0.489 e. The van der Waals surface area contributed by atoms with Crippen LogP contribution in [0.25, 0.3) is 0 Å². The molecule has 1 atom stereocenters. The molecule has 5 nitrogen and oxygen atoms in total. The standard InChI is InChI=1S/C16H23FN2O3/c1-12(22-15-4-2-3-14(17)9-15)10-18-16(21)19-7-5-13(11-20)6-8-19/h2-4,9,12-13,20H,5-8,10-11H2,1H3,(H,18,21). The van der Waals surface area contributed by atoms with Crippen molar-refractivity contribution in [3.8, 4) is 5.75 Å². The third-order valence-corrected chi connectivity index (χ3v) is 3.83. The molecule has 1 aliphatic heterocycles. The van der Waals surface area contributed by atoms with Crippen molar-refractivity contribution in [1.82, 2.24) is 10.2 Å². The van der Waals surface area contributed by atoms with Gasteiger partial charge in [-0.2, -0.15) is 0 Å². The van der Waals surface area contributed by atoms with E-state index in [-0.39, 0.29) is 24.6 Å². The van der Waals surface area contributed by atoms with Crippen molar-refractivity contribution in [3.63, 3.8) is 0 Å². The fraction of sp³-hybridized carbons (Fsp3) is 0.562. The van der Waals surface area contributed by atoms with E-state index in [4.69, 9.17) is 9.84 Å². The summed E-state index contributed by atoms with van der Waals surface area (Å²) < 4.78 is 18.6. The molecular formula is C16H23FN2O3. The number of hydrogen-bond donors (Lipinski definition) is 2. The van der Waals surface area contributed by atoms with Crippen molar-refractivity contribution in [3.05, 3.63) is 30.1 Å². The van der Waals surface area contributed by atoms with Crippen LogP contribution in [0.5, 0.6) is 5.75 Å². The zero-order chi connectivity index (χ0) is 15.9. The number of carbonyl (C=O) groups is 1. The number of urea groups is 1. The SMILES string of the molecule is CC(CNC(=O)N1CCC(CO)CC1)Oc1cccc(F)c1. The number of nitrogens with zero attached hydrogens (tertiary/aromatic N) is 1. The van der Waals surface area contributed by atoms with E-state index in [0.29, 0.717) is 31.3 Å². The summed E-state index contributed by atoms with van der Waals surface area (Å²) in [4.78, 5) is 13.8. The molecule has 1 saturated heterocycles. The first-order valence-corrected chi connectivity index (χ1v) is 7.64. The summed E-state index contributed by atoms with van der Waals surface area (Å²) in [5.41, 5.74) is 0. The first-order valence-electron chi connectivity index (χ1n) is 7.64. The van der Waals surface area contributed by atoms with E-state index >= 15 is 0 Å². The van der Waals surface area contributed by atoms with Crippen molar-refractivity contribution in [2.24, 2.45) is 5.92 Å². The van der Waals surface area contributed by atoms with Gasteiger partial charge in [0.25, 0.3) is 0 Å². The average Bonchev–Trinajstić information content (AvgIpc) is 2.52. The molecule has 1 fully saturated rings. The highest BCUT2D eigenvalue weighted by atomic mass is 19.1. The number of likely N-dealkylation sites (tertiary alicyclic amines) is 1. The van der Waals surface area contributed by atoms with Gasteiger partial charge in [0, 0.05) is 25.8 Å². The molecule has 0 radical (unpaired) electrons. The lowest BCUT2D eigenvalue weighted by Gasteiger charge is -2.31. The molecule has 2 rings (SSSR count). The van der Waals surface area contributed by atoms with Gasteiger partial charge in [-0.15, -0.1) is 0 Å². The first kappa shape index (κ1) is 16.5. The van der Waals surface area contributed by atoms with E-state index in [2.05, 4.69) is 5.32 Å². The van der Waals surface area contributed by atoms with Gasteiger partial charge in [-0.3, -0.25) is 0 Å². The molecule has 2 N–H and O–H groups in total. The Kier molecular flexibility index (Phi) is 6.00. The van der Waals surface area contributed by atoms with Gasteiger partial charge in [0.2, 0.25) is 0 Å². The van der Waals surface area contributed by atoms with E-state index in [1.54, 1.807) is 17.0 Å². The molecule has 0 aromatic heterocycles. The second kappa shape index (κ2) is 7.98. The molecule has 2 amide bonds. The third-order valence-electron chi connectivity index (χ3n) is 3.83. The van der Waals surface area contributed by atoms with Crippen LogP contribution in [0, 0.1) is 11.7 Å². The number of halogens is 1. The van der Waals surface area contributed by atoms with Crippen LogP contribution in [0.1, 0.15) is 19.8 Å². The first-order chi connectivity index (χ1) is 10.6. The van der Waals surface area contributed by atoms with Crippen LogP contribution in [-0.4, -0.2) is 48.4 Å². The molecule has 6 heteroatoms. The Morgan fingerprint density at radius 1 is 1.50 bits per heavy atom. The zero-order valence-electron chi connectivity index (χ0n) is 12.8. The Morgan fingerprint density at radius 3 is 2.86 bits per heavy atom. The number of hydrogen-bond acceptors (Lipinski definition) is 3. The number of aliphatic hydroxyl groups is 1. The van der Waals surface area contributed by atoms with E-state index in [1.807, 2.05) is 6.92 Å². The summed E-state index contributed by atoms with van der Waals surface area (Å²) in [7, 11) is 0. The summed E-state index contributed by atoms with van der Waals surface area (Å²) in [6.45, 7) is 3.69. The highest BCUT2D eigenvalue weighted by molar-refractivity contribution is 5.74. The molecule has 0 saturated carbocycles. The zero-order valence-corrected chi connectivity index (χ0v) is 12.8. The molecule has 22 heavy (non-hydrogen) atoms. The van der Waals surface area contributed by atoms with Crippen LogP contribution in [0.2, 0.25) is 0 Å². The van der Waals surface area contributed by atoms with E-state index in [9.17, 15) is 9.18 Å². The van der Waals surface area contributed by atoms with Crippen molar-refractivity contribution in [2.75, 3.05) is 26.2 Å². The van der Waals surface area contributed by atoms with Gasteiger partial charge in [-0.1, -0.05) is 6.07 Å². The molecule has 0 spiro atoms. The molecule has 122 valence electrons. The van der Waals surface area contributed by atoms with Gasteiger partial charge >= 0.3 is 6.03 Å². The van der Waals surface area contributed by atoms with Gasteiger partial charge < -0.3 is 20.1 Å². The van der Waals surface area contributed by atoms with Gasteiger partial charge in [0.15, 0.2) is 0 Å². The Balaban J connectivity index is 1.72. The Hall–Kier alpha value is -1.82. The summed E-state index contributed by atoms with van der Waals surface area (Å²) in [6, 6.07) is 5.82. The van der Waals surface area contributed by atoms with E-state index in [0.717, 1.165) is 12.8 Å². The molecule has 1 aromatic carbocycles. The number of amides is 2. The highest BCUT2D eigenvalue weighted by Crippen LogP contribution is 2.16. The minimum atomic E-state index is -0.347. The number of carbonyl (C=O) groups excluding carboxylic acids is 1. The lowest BCUT2D eigenvalue weighted by atomic mass is 9.98. The quantitative estimate of drug-likeness (QED) is 0.874. The molecule has 1 aliphatic rings. The number of aliphatic hydroxyl groups excluding tert-OH is 1. The second-order valence-electron chi connectivity index (χ2n) is 5.68.